The molecule has 0 amide bonds. The van der Waals surface area contributed by atoms with Gasteiger partial charge in [0.2, 0.25) is 0 Å². The third-order valence-electron chi connectivity index (χ3n) is 5.76. The van der Waals surface area contributed by atoms with E-state index in [4.69, 9.17) is 19.2 Å². The molecule has 5 heteroatoms. The molecule has 1 heterocycles. The van der Waals surface area contributed by atoms with Crippen LogP contribution < -0.4 is 14.2 Å². The van der Waals surface area contributed by atoms with Gasteiger partial charge in [0.15, 0.2) is 11.5 Å². The number of hydrogen-bond acceptors (Lipinski definition) is 4. The molecule has 0 aliphatic heterocycles. The summed E-state index contributed by atoms with van der Waals surface area (Å²) in [6.07, 6.45) is 7.57. The lowest BCUT2D eigenvalue weighted by molar-refractivity contribution is 0.267. The van der Waals surface area contributed by atoms with E-state index in [2.05, 4.69) is 23.3 Å². The van der Waals surface area contributed by atoms with E-state index in [1.165, 1.54) is 0 Å². The minimum atomic E-state index is 0.344. The second-order valence-corrected chi connectivity index (χ2v) is 8.17. The molecule has 4 aromatic rings. The first-order chi connectivity index (χ1) is 17.2. The summed E-state index contributed by atoms with van der Waals surface area (Å²) >= 11 is 0. The van der Waals surface area contributed by atoms with Gasteiger partial charge in [0.1, 0.15) is 18.2 Å². The SMILES string of the molecule is C=CCc1ccccc1OCCCn1c(COc2ccc(/C=C\C)cc2OC)nc2ccccc21. The third kappa shape index (κ3) is 5.93. The molecule has 180 valence electrons. The van der Waals surface area contributed by atoms with Crippen LogP contribution in [0.5, 0.6) is 17.2 Å². The molecule has 0 saturated carbocycles. The fourth-order valence-electron chi connectivity index (χ4n) is 4.10. The van der Waals surface area contributed by atoms with Gasteiger partial charge in [0, 0.05) is 6.54 Å². The van der Waals surface area contributed by atoms with Crippen molar-refractivity contribution in [2.75, 3.05) is 13.7 Å². The molecule has 0 radical (unpaired) electrons. The van der Waals surface area contributed by atoms with Gasteiger partial charge < -0.3 is 18.8 Å². The summed E-state index contributed by atoms with van der Waals surface area (Å²) in [5, 5.41) is 0. The lowest BCUT2D eigenvalue weighted by Gasteiger charge is -2.14. The Bertz CT molecular complexity index is 1310. The maximum absolute atomic E-state index is 6.16. The normalized spacial score (nSPS) is 11.1. The molecular weight excluding hydrogens is 436 g/mol. The summed E-state index contributed by atoms with van der Waals surface area (Å²) < 4.78 is 20.0. The Balaban J connectivity index is 1.46. The van der Waals surface area contributed by atoms with Crippen LogP contribution in [0, 0.1) is 0 Å². The molecule has 0 spiro atoms. The average Bonchev–Trinajstić information content (AvgIpc) is 3.24. The van der Waals surface area contributed by atoms with E-state index < -0.39 is 0 Å². The zero-order valence-corrected chi connectivity index (χ0v) is 20.4. The highest BCUT2D eigenvalue weighted by atomic mass is 16.5. The highest BCUT2D eigenvalue weighted by Crippen LogP contribution is 2.30. The van der Waals surface area contributed by atoms with Crippen molar-refractivity contribution in [2.45, 2.75) is 32.9 Å². The van der Waals surface area contributed by atoms with Crippen LogP contribution in [-0.4, -0.2) is 23.3 Å². The standard InChI is InChI=1S/C30H32N2O3/c1-4-11-23-17-18-28(29(21-23)33-3)35-22-30-31-25-14-7-8-15-26(25)32(30)19-10-20-34-27-16-9-6-13-24(27)12-5-2/h4-9,11,13-18,21H,2,10,12,19-20,22H2,1,3H3/b11-4-. The molecular formula is C30H32N2O3. The monoisotopic (exact) mass is 468 g/mol. The van der Waals surface area contributed by atoms with Crippen molar-refractivity contribution >= 4 is 17.1 Å². The first kappa shape index (κ1) is 24.1. The number of rotatable bonds is 12. The smallest absolute Gasteiger partial charge is 0.161 e. The predicted octanol–water partition coefficient (Wildman–Crippen LogP) is 6.85. The van der Waals surface area contributed by atoms with E-state index in [1.54, 1.807) is 7.11 Å². The minimum absolute atomic E-state index is 0.344. The minimum Gasteiger partial charge on any atom is -0.493 e. The maximum atomic E-state index is 6.16. The van der Waals surface area contributed by atoms with Crippen molar-refractivity contribution < 1.29 is 14.2 Å². The van der Waals surface area contributed by atoms with Crippen LogP contribution in [0.15, 0.2) is 85.5 Å². The Morgan fingerprint density at radius 3 is 2.60 bits per heavy atom. The number of allylic oxidation sites excluding steroid dienone is 2. The number of aromatic nitrogens is 2. The Hall–Kier alpha value is -3.99. The van der Waals surface area contributed by atoms with Crippen molar-refractivity contribution in [3.8, 4) is 17.2 Å². The second kappa shape index (κ2) is 11.9. The first-order valence-corrected chi connectivity index (χ1v) is 11.9. The Morgan fingerprint density at radius 1 is 0.943 bits per heavy atom. The van der Waals surface area contributed by atoms with Crippen LogP contribution in [0.25, 0.3) is 17.1 Å². The lowest BCUT2D eigenvalue weighted by Crippen LogP contribution is -2.10. The highest BCUT2D eigenvalue weighted by molar-refractivity contribution is 5.75. The van der Waals surface area contributed by atoms with Crippen molar-refractivity contribution in [2.24, 2.45) is 0 Å². The number of nitrogens with zero attached hydrogens (tertiary/aromatic N) is 2. The zero-order chi connectivity index (χ0) is 24.5. The maximum Gasteiger partial charge on any atom is 0.161 e. The van der Waals surface area contributed by atoms with Crippen molar-refractivity contribution in [3.05, 3.63) is 102 Å². The highest BCUT2D eigenvalue weighted by Gasteiger charge is 2.13. The van der Waals surface area contributed by atoms with Crippen LogP contribution in [0.4, 0.5) is 0 Å². The van der Waals surface area contributed by atoms with E-state index in [9.17, 15) is 0 Å². The largest absolute Gasteiger partial charge is 0.493 e. The van der Waals surface area contributed by atoms with Crippen LogP contribution in [0.2, 0.25) is 0 Å². The molecule has 0 aliphatic rings. The van der Waals surface area contributed by atoms with Crippen molar-refractivity contribution in [3.63, 3.8) is 0 Å². The Kier molecular flexibility index (Phi) is 8.23. The molecule has 0 unspecified atom stereocenters. The number of imidazole rings is 1. The van der Waals surface area contributed by atoms with Gasteiger partial charge in [-0.1, -0.05) is 54.6 Å². The van der Waals surface area contributed by atoms with Gasteiger partial charge >= 0.3 is 0 Å². The van der Waals surface area contributed by atoms with E-state index in [0.29, 0.717) is 24.7 Å². The molecule has 0 N–H and O–H groups in total. The topological polar surface area (TPSA) is 45.5 Å². The summed E-state index contributed by atoms with van der Waals surface area (Å²) in [6.45, 7) is 7.57. The number of ether oxygens (including phenoxy) is 3. The van der Waals surface area contributed by atoms with Gasteiger partial charge in [-0.05, 0) is 61.2 Å². The molecule has 0 bridgehead atoms. The number of benzene rings is 3. The second-order valence-electron chi connectivity index (χ2n) is 8.17. The molecule has 3 aromatic carbocycles. The summed E-state index contributed by atoms with van der Waals surface area (Å²) in [7, 11) is 1.66. The fraction of sp³-hybridized carbons (Fsp3) is 0.233. The first-order valence-electron chi connectivity index (χ1n) is 11.9. The quantitative estimate of drug-likeness (QED) is 0.168. The van der Waals surface area contributed by atoms with E-state index in [0.717, 1.165) is 53.1 Å². The molecule has 1 aromatic heterocycles. The Morgan fingerprint density at radius 2 is 1.77 bits per heavy atom. The summed E-state index contributed by atoms with van der Waals surface area (Å²) in [4.78, 5) is 4.84. The molecule has 0 atom stereocenters. The summed E-state index contributed by atoms with van der Waals surface area (Å²) in [6, 6.07) is 22.2. The molecule has 4 rings (SSSR count). The average molecular weight is 469 g/mol. The molecule has 0 fully saturated rings. The van der Waals surface area contributed by atoms with E-state index >= 15 is 0 Å². The number of methoxy groups -OCH3 is 1. The van der Waals surface area contributed by atoms with Gasteiger partial charge in [0.05, 0.1) is 24.8 Å². The fourth-order valence-corrected chi connectivity index (χ4v) is 4.10. The van der Waals surface area contributed by atoms with E-state index in [-0.39, 0.29) is 0 Å². The lowest BCUT2D eigenvalue weighted by atomic mass is 10.1. The van der Waals surface area contributed by atoms with Crippen molar-refractivity contribution in [1.82, 2.24) is 9.55 Å². The number of hydrogen-bond donors (Lipinski definition) is 0. The van der Waals surface area contributed by atoms with Gasteiger partial charge in [-0.15, -0.1) is 6.58 Å². The van der Waals surface area contributed by atoms with Gasteiger partial charge in [0.25, 0.3) is 0 Å². The predicted molar refractivity (Wildman–Crippen MR) is 142 cm³/mol. The summed E-state index contributed by atoms with van der Waals surface area (Å²) in [5.41, 5.74) is 4.27. The summed E-state index contributed by atoms with van der Waals surface area (Å²) in [5.74, 6) is 3.19. The van der Waals surface area contributed by atoms with E-state index in [1.807, 2.05) is 79.7 Å². The van der Waals surface area contributed by atoms with Gasteiger partial charge in [-0.2, -0.15) is 0 Å². The Labute approximate surface area is 207 Å². The van der Waals surface area contributed by atoms with Crippen LogP contribution in [0.1, 0.15) is 30.3 Å². The molecule has 0 saturated heterocycles. The number of para-hydroxylation sites is 3. The zero-order valence-electron chi connectivity index (χ0n) is 20.4. The van der Waals surface area contributed by atoms with Crippen molar-refractivity contribution in [1.29, 1.82) is 0 Å². The van der Waals surface area contributed by atoms with Crippen LogP contribution >= 0.6 is 0 Å². The number of aryl methyl sites for hydroxylation is 1. The third-order valence-corrected chi connectivity index (χ3v) is 5.76. The molecule has 0 aliphatic carbocycles. The van der Waals surface area contributed by atoms with Gasteiger partial charge in [-0.25, -0.2) is 4.98 Å². The van der Waals surface area contributed by atoms with Crippen LogP contribution in [0.3, 0.4) is 0 Å². The molecule has 5 nitrogen and oxygen atoms in total. The van der Waals surface area contributed by atoms with Gasteiger partial charge in [-0.3, -0.25) is 0 Å². The van der Waals surface area contributed by atoms with Crippen LogP contribution in [-0.2, 0) is 19.6 Å². The molecule has 35 heavy (non-hydrogen) atoms. The number of fused-ring (bicyclic) bond motifs is 1.